The molecule has 0 amide bonds. The number of allylic oxidation sites excluding steroid dienone is 1. The lowest BCUT2D eigenvalue weighted by Crippen LogP contribution is -2.04. The Morgan fingerprint density at radius 2 is 1.60 bits per heavy atom. The minimum absolute atomic E-state index is 0.254. The van der Waals surface area contributed by atoms with Crippen LogP contribution in [0.5, 0.6) is 11.5 Å². The summed E-state index contributed by atoms with van der Waals surface area (Å²) in [5.41, 5.74) is 1.47. The summed E-state index contributed by atoms with van der Waals surface area (Å²) in [6, 6.07) is 10.0. The summed E-state index contributed by atoms with van der Waals surface area (Å²) in [6.07, 6.45) is -2.80. The number of alkyl halides is 3. The fourth-order valence-corrected chi connectivity index (χ4v) is 2.33. The van der Waals surface area contributed by atoms with E-state index in [1.54, 1.807) is 18.2 Å². The number of methoxy groups -OCH3 is 2. The van der Waals surface area contributed by atoms with Crippen molar-refractivity contribution in [1.82, 2.24) is 0 Å². The van der Waals surface area contributed by atoms with Crippen molar-refractivity contribution >= 4 is 11.6 Å². The van der Waals surface area contributed by atoms with Crippen LogP contribution in [0.25, 0.3) is 11.6 Å². The maximum atomic E-state index is 12.7. The first kappa shape index (κ1) is 18.4. The molecule has 0 aromatic heterocycles. The minimum atomic E-state index is -4.41. The molecule has 0 heterocycles. The molecule has 130 valence electrons. The predicted molar refractivity (Wildman–Crippen MR) is 89.2 cm³/mol. The number of ether oxygens (including phenoxy) is 2. The Morgan fingerprint density at radius 1 is 1.04 bits per heavy atom. The second-order valence-electron chi connectivity index (χ2n) is 5.31. The Kier molecular flexibility index (Phi) is 5.38. The van der Waals surface area contributed by atoms with Crippen molar-refractivity contribution in [3.63, 3.8) is 0 Å². The summed E-state index contributed by atoms with van der Waals surface area (Å²) in [4.78, 5) is 0. The number of hydrogen-bond donors (Lipinski definition) is 0. The highest BCUT2D eigenvalue weighted by atomic mass is 19.4. The van der Waals surface area contributed by atoms with Crippen LogP contribution in [0.15, 0.2) is 36.4 Å². The summed E-state index contributed by atoms with van der Waals surface area (Å²) < 4.78 is 48.4. The zero-order valence-electron chi connectivity index (χ0n) is 13.9. The molecule has 0 atom stereocenters. The quantitative estimate of drug-likeness (QED) is 0.571. The number of benzene rings is 2. The van der Waals surface area contributed by atoms with Crippen LogP contribution in [0, 0.1) is 18.3 Å². The van der Waals surface area contributed by atoms with Crippen molar-refractivity contribution in [2.24, 2.45) is 0 Å². The highest BCUT2D eigenvalue weighted by molar-refractivity contribution is 5.90. The smallest absolute Gasteiger partial charge is 0.416 e. The average molecular weight is 347 g/mol. The van der Waals surface area contributed by atoms with Crippen LogP contribution < -0.4 is 9.47 Å². The monoisotopic (exact) mass is 347 g/mol. The minimum Gasteiger partial charge on any atom is -0.493 e. The van der Waals surface area contributed by atoms with Gasteiger partial charge in [0.15, 0.2) is 11.5 Å². The number of aryl methyl sites for hydroxylation is 1. The Morgan fingerprint density at radius 3 is 2.08 bits per heavy atom. The van der Waals surface area contributed by atoms with Gasteiger partial charge < -0.3 is 9.47 Å². The number of halogens is 3. The molecule has 0 aliphatic heterocycles. The predicted octanol–water partition coefficient (Wildman–Crippen LogP) is 5.10. The van der Waals surface area contributed by atoms with Gasteiger partial charge in [-0.25, -0.2) is 0 Å². The zero-order chi connectivity index (χ0) is 18.6. The van der Waals surface area contributed by atoms with E-state index in [1.165, 1.54) is 26.4 Å². The molecule has 0 bridgehead atoms. The first-order valence-corrected chi connectivity index (χ1v) is 7.32. The molecule has 0 radical (unpaired) electrons. The molecule has 0 N–H and O–H groups in total. The van der Waals surface area contributed by atoms with Crippen LogP contribution in [0.3, 0.4) is 0 Å². The molecule has 25 heavy (non-hydrogen) atoms. The van der Waals surface area contributed by atoms with E-state index in [4.69, 9.17) is 9.47 Å². The fourth-order valence-electron chi connectivity index (χ4n) is 2.33. The van der Waals surface area contributed by atoms with Crippen LogP contribution in [-0.4, -0.2) is 14.2 Å². The van der Waals surface area contributed by atoms with E-state index in [0.717, 1.165) is 17.7 Å². The van der Waals surface area contributed by atoms with Crippen LogP contribution in [-0.2, 0) is 6.18 Å². The van der Waals surface area contributed by atoms with Gasteiger partial charge in [0.2, 0.25) is 0 Å². The van der Waals surface area contributed by atoms with E-state index >= 15 is 0 Å². The zero-order valence-corrected chi connectivity index (χ0v) is 13.9. The van der Waals surface area contributed by atoms with Gasteiger partial charge >= 0.3 is 6.18 Å². The average Bonchev–Trinajstić information content (AvgIpc) is 2.59. The van der Waals surface area contributed by atoms with E-state index in [9.17, 15) is 18.4 Å². The number of nitriles is 1. The summed E-state index contributed by atoms with van der Waals surface area (Å²) in [5, 5.41) is 9.39. The van der Waals surface area contributed by atoms with Crippen molar-refractivity contribution in [2.45, 2.75) is 13.1 Å². The highest BCUT2D eigenvalue weighted by Gasteiger charge is 2.30. The van der Waals surface area contributed by atoms with Gasteiger partial charge in [-0.2, -0.15) is 18.4 Å². The van der Waals surface area contributed by atoms with Gasteiger partial charge in [-0.15, -0.1) is 0 Å². The van der Waals surface area contributed by atoms with Gasteiger partial charge in [0.1, 0.15) is 0 Å². The Hall–Kier alpha value is -2.94. The van der Waals surface area contributed by atoms with Crippen LogP contribution in [0.1, 0.15) is 22.3 Å². The molecule has 0 saturated carbocycles. The molecular formula is C19H16F3NO2. The molecule has 0 fully saturated rings. The summed E-state index contributed by atoms with van der Waals surface area (Å²) >= 11 is 0. The first-order valence-electron chi connectivity index (χ1n) is 7.32. The van der Waals surface area contributed by atoms with Crippen LogP contribution >= 0.6 is 0 Å². The first-order chi connectivity index (χ1) is 11.8. The maximum Gasteiger partial charge on any atom is 0.416 e. The molecule has 3 nitrogen and oxygen atoms in total. The second kappa shape index (κ2) is 7.31. The Bertz CT molecular complexity index is 831. The molecule has 0 unspecified atom stereocenters. The molecule has 2 aromatic carbocycles. The van der Waals surface area contributed by atoms with Gasteiger partial charge in [0, 0.05) is 0 Å². The molecule has 0 aliphatic rings. The van der Waals surface area contributed by atoms with Crippen molar-refractivity contribution in [3.05, 3.63) is 58.7 Å². The largest absolute Gasteiger partial charge is 0.493 e. The van der Waals surface area contributed by atoms with Crippen molar-refractivity contribution in [2.75, 3.05) is 14.2 Å². The lowest BCUT2D eigenvalue weighted by Gasteiger charge is -2.11. The van der Waals surface area contributed by atoms with Gasteiger partial charge in [0.25, 0.3) is 0 Å². The third kappa shape index (κ3) is 4.13. The normalized spacial score (nSPS) is 11.8. The summed E-state index contributed by atoms with van der Waals surface area (Å²) in [5.74, 6) is 1.06. The van der Waals surface area contributed by atoms with E-state index in [-0.39, 0.29) is 5.57 Å². The van der Waals surface area contributed by atoms with Gasteiger partial charge in [-0.05, 0) is 54.0 Å². The molecule has 6 heteroatoms. The molecular weight excluding hydrogens is 331 g/mol. The fraction of sp³-hybridized carbons (Fsp3) is 0.211. The number of nitrogens with zero attached hydrogens (tertiary/aromatic N) is 1. The molecule has 0 aliphatic carbocycles. The number of rotatable bonds is 4. The third-order valence-electron chi connectivity index (χ3n) is 3.72. The Labute approximate surface area is 143 Å². The van der Waals surface area contributed by atoms with Crippen LogP contribution in [0.4, 0.5) is 13.2 Å². The van der Waals surface area contributed by atoms with Gasteiger partial charge in [-0.1, -0.05) is 12.1 Å². The van der Waals surface area contributed by atoms with E-state index in [1.807, 2.05) is 13.0 Å². The molecule has 2 aromatic rings. The highest BCUT2D eigenvalue weighted by Crippen LogP contribution is 2.33. The standard InChI is InChI=1S/C19H16F3NO2/c1-12-8-17(24-2)18(25-3)10-14(12)9-15(11-23)13-4-6-16(7-5-13)19(20,21)22/h4-10H,1-3H3/b15-9-. The number of hydrogen-bond acceptors (Lipinski definition) is 3. The lowest BCUT2D eigenvalue weighted by atomic mass is 9.99. The molecule has 0 spiro atoms. The van der Waals surface area contributed by atoms with Gasteiger partial charge in [0.05, 0.1) is 31.4 Å². The molecule has 0 saturated heterocycles. The maximum absolute atomic E-state index is 12.7. The van der Waals surface area contributed by atoms with E-state index in [2.05, 4.69) is 0 Å². The second-order valence-corrected chi connectivity index (χ2v) is 5.31. The third-order valence-corrected chi connectivity index (χ3v) is 3.72. The topological polar surface area (TPSA) is 42.2 Å². The van der Waals surface area contributed by atoms with Crippen molar-refractivity contribution < 1.29 is 22.6 Å². The van der Waals surface area contributed by atoms with Crippen molar-refractivity contribution in [1.29, 1.82) is 5.26 Å². The van der Waals surface area contributed by atoms with Gasteiger partial charge in [-0.3, -0.25) is 0 Å². The van der Waals surface area contributed by atoms with E-state index < -0.39 is 11.7 Å². The Balaban J connectivity index is 2.46. The molecule has 2 rings (SSSR count). The lowest BCUT2D eigenvalue weighted by molar-refractivity contribution is -0.137. The SMILES string of the molecule is COc1cc(C)c(/C=C(/C#N)c2ccc(C(F)(F)F)cc2)cc1OC. The van der Waals surface area contributed by atoms with Crippen molar-refractivity contribution in [3.8, 4) is 17.6 Å². The van der Waals surface area contributed by atoms with E-state index in [0.29, 0.717) is 22.6 Å². The summed E-state index contributed by atoms with van der Waals surface area (Å²) in [6.45, 7) is 1.84. The van der Waals surface area contributed by atoms with Crippen LogP contribution in [0.2, 0.25) is 0 Å². The summed E-state index contributed by atoms with van der Waals surface area (Å²) in [7, 11) is 3.03.